The molecule has 2 saturated heterocycles. The monoisotopic (exact) mass is 1040 g/mol. The average molecular weight is 1040 g/mol. The van der Waals surface area contributed by atoms with Crippen LogP contribution in [0, 0.1) is 24.1 Å². The predicted molar refractivity (Wildman–Crippen MR) is 293 cm³/mol. The fourth-order valence-electron chi connectivity index (χ4n) is 11.3. The van der Waals surface area contributed by atoms with Gasteiger partial charge >= 0.3 is 0 Å². The van der Waals surface area contributed by atoms with Gasteiger partial charge in [0.2, 0.25) is 5.91 Å². The van der Waals surface area contributed by atoms with Crippen LogP contribution in [0.1, 0.15) is 92.9 Å². The average Bonchev–Trinajstić information content (AvgIpc) is 3.75. The third-order valence-electron chi connectivity index (χ3n) is 15.7. The molecule has 5 heterocycles. The molecule has 0 aliphatic carbocycles. The van der Waals surface area contributed by atoms with Crippen LogP contribution in [0.3, 0.4) is 0 Å². The van der Waals surface area contributed by atoms with E-state index in [0.717, 1.165) is 62.3 Å². The molecular formula is C62H68FN7O7. The van der Waals surface area contributed by atoms with E-state index in [1.54, 1.807) is 47.4 Å². The van der Waals surface area contributed by atoms with Crippen molar-refractivity contribution >= 4 is 29.1 Å². The van der Waals surface area contributed by atoms with E-state index in [9.17, 15) is 15.2 Å². The second kappa shape index (κ2) is 23.4. The summed E-state index contributed by atoms with van der Waals surface area (Å²) in [6.07, 6.45) is 4.35. The Hall–Kier alpha value is -7.51. The highest BCUT2D eigenvalue weighted by Gasteiger charge is 2.36. The van der Waals surface area contributed by atoms with Gasteiger partial charge in [-0.05, 0) is 154 Å². The molecule has 1 N–H and O–H groups in total. The minimum atomic E-state index is -0.498. The van der Waals surface area contributed by atoms with Crippen LogP contribution in [0.5, 0.6) is 17.2 Å². The van der Waals surface area contributed by atoms with Crippen molar-refractivity contribution in [2.45, 2.75) is 84.5 Å². The molecule has 77 heavy (non-hydrogen) atoms. The van der Waals surface area contributed by atoms with Crippen molar-refractivity contribution in [3.8, 4) is 34.6 Å². The summed E-state index contributed by atoms with van der Waals surface area (Å²) in [5.74, 6) is -0.387. The van der Waals surface area contributed by atoms with Crippen LogP contribution in [-0.4, -0.2) is 125 Å². The molecule has 0 bridgehead atoms. The van der Waals surface area contributed by atoms with Gasteiger partial charge in [0.1, 0.15) is 35.7 Å². The Morgan fingerprint density at radius 2 is 1.57 bits per heavy atom. The van der Waals surface area contributed by atoms with Crippen molar-refractivity contribution in [3.05, 3.63) is 159 Å². The van der Waals surface area contributed by atoms with Gasteiger partial charge in [0.25, 0.3) is 11.8 Å². The lowest BCUT2D eigenvalue weighted by atomic mass is 9.89. The van der Waals surface area contributed by atoms with E-state index in [4.69, 9.17) is 14.2 Å². The van der Waals surface area contributed by atoms with Gasteiger partial charge in [-0.1, -0.05) is 36.8 Å². The minimum Gasteiger partial charge on any atom is -0.508 e. The van der Waals surface area contributed by atoms with E-state index in [2.05, 4.69) is 40.1 Å². The van der Waals surface area contributed by atoms with Crippen molar-refractivity contribution in [2.75, 3.05) is 70.5 Å². The number of hydrogen-bond acceptors (Lipinski definition) is 10. The summed E-state index contributed by atoms with van der Waals surface area (Å²) in [5, 5.41) is 20.5. The number of carbonyl (C=O) groups is 3. The lowest BCUT2D eigenvalue weighted by molar-refractivity contribution is -0.131. The quantitative estimate of drug-likeness (QED) is 0.106. The standard InChI is InChI=1S/C62H68FN7O7/c1-41(2)77-59-19-15-50(31-47(59)37-64)70(49-13-16-52(71)17-14-49)62(74)54-36-58(65(4)42(54)3)55-32-44-20-23-68(60(72)34-45-12-18-53(35-57(45)63)76-29-26-66-24-27-75-28-25-66)38-48(44)33-56(55)61(73)69-39-46-11-7-6-10-43(46)30-51(69)40-67-21-8-5-9-22-67/h6-7,10-19,31-33,35-36,41,51,71H,5,8-9,20-30,34,38-40H2,1-4H3/t51-/m0/s1. The number of anilines is 2. The van der Waals surface area contributed by atoms with Gasteiger partial charge in [-0.3, -0.25) is 24.2 Å². The molecule has 10 rings (SSSR count). The Balaban J connectivity index is 0.994. The Morgan fingerprint density at radius 3 is 2.31 bits per heavy atom. The number of fused-ring (bicyclic) bond motifs is 2. The van der Waals surface area contributed by atoms with Crippen LogP contribution in [0.15, 0.2) is 103 Å². The first kappa shape index (κ1) is 52.9. The van der Waals surface area contributed by atoms with Crippen LogP contribution in [0.4, 0.5) is 15.8 Å². The van der Waals surface area contributed by atoms with E-state index in [-0.39, 0.29) is 59.7 Å². The number of rotatable bonds is 15. The van der Waals surface area contributed by atoms with E-state index in [0.29, 0.717) is 103 Å². The van der Waals surface area contributed by atoms with Crippen LogP contribution >= 0.6 is 0 Å². The zero-order valence-corrected chi connectivity index (χ0v) is 44.6. The Morgan fingerprint density at radius 1 is 0.818 bits per heavy atom. The van der Waals surface area contributed by atoms with E-state index >= 15 is 14.0 Å². The number of amides is 3. The highest BCUT2D eigenvalue weighted by atomic mass is 19.1. The highest BCUT2D eigenvalue weighted by molar-refractivity contribution is 6.13. The number of morpholine rings is 1. The lowest BCUT2D eigenvalue weighted by Crippen LogP contribution is -2.51. The maximum absolute atomic E-state index is 15.8. The number of piperidine rings is 1. The zero-order chi connectivity index (χ0) is 53.7. The number of carbonyl (C=O) groups excluding carboxylic acids is 3. The normalized spacial score (nSPS) is 16.9. The zero-order valence-electron chi connectivity index (χ0n) is 44.6. The lowest BCUT2D eigenvalue weighted by Gasteiger charge is -2.41. The SMILES string of the molecule is Cc1c(C(=O)N(c2ccc(O)cc2)c2ccc(OC(C)C)c(C#N)c2)cc(-c2cc3c(cc2C(=O)N2Cc4ccccc4C[C@H]2CN2CCCCC2)CN(C(=O)Cc2ccc(OCCN4CCOCC4)cc2F)CC3)n1C. The molecule has 3 amide bonds. The first-order valence-corrected chi connectivity index (χ1v) is 27.1. The van der Waals surface area contributed by atoms with Crippen LogP contribution in [0.25, 0.3) is 11.3 Å². The van der Waals surface area contributed by atoms with Crippen LogP contribution in [-0.2, 0) is 48.9 Å². The molecule has 400 valence electrons. The van der Waals surface area contributed by atoms with Crippen molar-refractivity contribution in [1.29, 1.82) is 5.26 Å². The molecule has 15 heteroatoms. The molecule has 5 aromatic carbocycles. The fraction of sp³-hybridized carbons (Fsp3) is 0.387. The molecule has 14 nitrogen and oxygen atoms in total. The number of hydrogen-bond donors (Lipinski definition) is 1. The summed E-state index contributed by atoms with van der Waals surface area (Å²) in [6.45, 7) is 13.6. The molecule has 1 aromatic heterocycles. The van der Waals surface area contributed by atoms with Crippen molar-refractivity contribution in [3.63, 3.8) is 0 Å². The number of nitriles is 1. The van der Waals surface area contributed by atoms with Crippen LogP contribution < -0.4 is 14.4 Å². The molecule has 0 unspecified atom stereocenters. The number of phenols is 1. The van der Waals surface area contributed by atoms with Gasteiger partial charge in [-0.15, -0.1) is 0 Å². The predicted octanol–water partition coefficient (Wildman–Crippen LogP) is 9.37. The molecule has 2 fully saturated rings. The van der Waals surface area contributed by atoms with Gasteiger partial charge in [-0.2, -0.15) is 5.26 Å². The third-order valence-corrected chi connectivity index (χ3v) is 15.7. The number of benzene rings is 5. The second-order valence-corrected chi connectivity index (χ2v) is 21.1. The molecule has 0 radical (unpaired) electrons. The number of likely N-dealkylation sites (tertiary alicyclic amines) is 1. The fourth-order valence-corrected chi connectivity index (χ4v) is 11.3. The van der Waals surface area contributed by atoms with Gasteiger partial charge in [0, 0.05) is 93.2 Å². The number of nitrogens with zero attached hydrogens (tertiary/aromatic N) is 7. The van der Waals surface area contributed by atoms with E-state index in [1.807, 2.05) is 55.5 Å². The highest BCUT2D eigenvalue weighted by Crippen LogP contribution is 2.39. The number of phenolic OH excluding ortho intramolecular Hbond substituents is 1. The Kier molecular flexibility index (Phi) is 16.1. The van der Waals surface area contributed by atoms with Crippen molar-refractivity contribution < 1.29 is 38.1 Å². The number of aromatic hydroxyl groups is 1. The molecule has 0 spiro atoms. The van der Waals surface area contributed by atoms with Gasteiger partial charge in [0.05, 0.1) is 42.6 Å². The second-order valence-electron chi connectivity index (χ2n) is 21.1. The van der Waals surface area contributed by atoms with E-state index < -0.39 is 5.82 Å². The third kappa shape index (κ3) is 11.8. The van der Waals surface area contributed by atoms with Crippen LogP contribution in [0.2, 0.25) is 0 Å². The number of aromatic nitrogens is 1. The molecule has 4 aliphatic heterocycles. The maximum Gasteiger partial charge on any atom is 0.264 e. The minimum absolute atomic E-state index is 0.0329. The van der Waals surface area contributed by atoms with Gasteiger partial charge in [-0.25, -0.2) is 4.39 Å². The molecule has 0 saturated carbocycles. The van der Waals surface area contributed by atoms with Gasteiger partial charge < -0.3 is 38.6 Å². The first-order valence-electron chi connectivity index (χ1n) is 27.1. The van der Waals surface area contributed by atoms with Crippen molar-refractivity contribution in [2.24, 2.45) is 7.05 Å². The largest absolute Gasteiger partial charge is 0.508 e. The number of halogens is 1. The maximum atomic E-state index is 15.8. The van der Waals surface area contributed by atoms with Crippen molar-refractivity contribution in [1.82, 2.24) is 24.2 Å². The topological polar surface area (TPSA) is 144 Å². The first-order chi connectivity index (χ1) is 37.3. The summed E-state index contributed by atoms with van der Waals surface area (Å²) in [6, 6.07) is 32.4. The van der Waals surface area contributed by atoms with E-state index in [1.165, 1.54) is 35.1 Å². The molecule has 1 atom stereocenters. The summed E-state index contributed by atoms with van der Waals surface area (Å²) in [7, 11) is 1.89. The summed E-state index contributed by atoms with van der Waals surface area (Å²) >= 11 is 0. The summed E-state index contributed by atoms with van der Waals surface area (Å²) in [4.78, 5) is 55.3. The molecule has 4 aliphatic rings. The summed E-state index contributed by atoms with van der Waals surface area (Å²) < 4.78 is 34.9. The molecule has 6 aromatic rings. The molecular weight excluding hydrogens is 974 g/mol. The Labute approximate surface area is 450 Å². The van der Waals surface area contributed by atoms with Gasteiger partial charge in [0.15, 0.2) is 0 Å². The number of ether oxygens (including phenoxy) is 3. The Bertz CT molecular complexity index is 3190. The smallest absolute Gasteiger partial charge is 0.264 e. The summed E-state index contributed by atoms with van der Waals surface area (Å²) in [5.41, 5.74) is 8.42.